The number of nitrogens with one attached hydrogen (secondary N) is 1. The van der Waals surface area contributed by atoms with E-state index >= 15 is 0 Å². The molecular formula is C23H23ClF3N3O. The van der Waals surface area contributed by atoms with Gasteiger partial charge < -0.3 is 9.72 Å². The highest BCUT2D eigenvalue weighted by Gasteiger charge is 2.32. The van der Waals surface area contributed by atoms with E-state index in [0.717, 1.165) is 37.8 Å². The van der Waals surface area contributed by atoms with E-state index < -0.39 is 17.7 Å². The zero-order valence-electron chi connectivity index (χ0n) is 16.8. The highest BCUT2D eigenvalue weighted by molar-refractivity contribution is 6.30. The lowest BCUT2D eigenvalue weighted by molar-refractivity contribution is -0.137. The van der Waals surface area contributed by atoms with Gasteiger partial charge in [-0.3, -0.25) is 4.79 Å². The van der Waals surface area contributed by atoms with Crippen molar-refractivity contribution in [1.82, 2.24) is 14.7 Å². The molecule has 1 atom stereocenters. The zero-order valence-corrected chi connectivity index (χ0v) is 17.6. The molecule has 0 saturated heterocycles. The maximum absolute atomic E-state index is 13.3. The molecule has 0 bridgehead atoms. The van der Waals surface area contributed by atoms with E-state index in [0.29, 0.717) is 21.9 Å². The number of rotatable bonds is 5. The number of alkyl halides is 3. The monoisotopic (exact) mass is 449 g/mol. The van der Waals surface area contributed by atoms with E-state index in [4.69, 9.17) is 11.6 Å². The fraction of sp³-hybridized carbons (Fsp3) is 0.391. The summed E-state index contributed by atoms with van der Waals surface area (Å²) in [6.45, 7) is 0. The Hall–Kier alpha value is -2.54. The summed E-state index contributed by atoms with van der Waals surface area (Å²) >= 11 is 6.14. The van der Waals surface area contributed by atoms with Crippen LogP contribution in [0.4, 0.5) is 13.2 Å². The summed E-state index contributed by atoms with van der Waals surface area (Å²) in [7, 11) is 0. The van der Waals surface area contributed by atoms with Gasteiger partial charge in [0.05, 0.1) is 16.3 Å². The quantitative estimate of drug-likeness (QED) is 0.521. The molecule has 1 aliphatic carbocycles. The van der Waals surface area contributed by atoms with Crippen molar-refractivity contribution >= 4 is 23.2 Å². The number of amides is 1. The Morgan fingerprint density at radius 1 is 1.19 bits per heavy atom. The van der Waals surface area contributed by atoms with Gasteiger partial charge in [-0.1, -0.05) is 49.1 Å². The molecule has 164 valence electrons. The fourth-order valence-corrected chi connectivity index (χ4v) is 4.44. The van der Waals surface area contributed by atoms with E-state index in [-0.39, 0.29) is 18.4 Å². The fourth-order valence-electron chi connectivity index (χ4n) is 4.28. The summed E-state index contributed by atoms with van der Waals surface area (Å²) in [6, 6.07) is 8.70. The van der Waals surface area contributed by atoms with Crippen LogP contribution in [0, 0.1) is 0 Å². The molecule has 3 aromatic rings. The predicted octanol–water partition coefficient (Wildman–Crippen LogP) is 5.98. The first-order chi connectivity index (χ1) is 14.8. The van der Waals surface area contributed by atoms with Gasteiger partial charge in [-0.15, -0.1) is 0 Å². The van der Waals surface area contributed by atoms with Crippen molar-refractivity contribution < 1.29 is 18.0 Å². The lowest BCUT2D eigenvalue weighted by atomic mass is 9.90. The lowest BCUT2D eigenvalue weighted by Crippen LogP contribution is -2.37. The molecule has 31 heavy (non-hydrogen) atoms. The van der Waals surface area contributed by atoms with Crippen molar-refractivity contribution in [1.29, 1.82) is 0 Å². The van der Waals surface area contributed by atoms with Crippen molar-refractivity contribution in [3.05, 3.63) is 70.6 Å². The Morgan fingerprint density at radius 2 is 1.97 bits per heavy atom. The molecule has 4 nitrogen and oxygen atoms in total. The van der Waals surface area contributed by atoms with Gasteiger partial charge >= 0.3 is 6.18 Å². The van der Waals surface area contributed by atoms with Crippen LogP contribution in [-0.4, -0.2) is 21.3 Å². The SMILES string of the molecule is O=C(CC(c1cccc(C(F)(F)F)c1)c1cnc2ccc(Cl)cn12)NC1CCCCC1. The number of hydrogen-bond donors (Lipinski definition) is 1. The number of imidazole rings is 1. The Balaban J connectivity index is 1.70. The normalized spacial score (nSPS) is 16.4. The van der Waals surface area contributed by atoms with Gasteiger partial charge in [0.2, 0.25) is 5.91 Å². The highest BCUT2D eigenvalue weighted by Crippen LogP contribution is 2.35. The molecule has 8 heteroatoms. The van der Waals surface area contributed by atoms with Crippen LogP contribution in [0.15, 0.2) is 48.8 Å². The molecule has 0 aliphatic heterocycles. The third-order valence-electron chi connectivity index (χ3n) is 5.83. The molecular weight excluding hydrogens is 427 g/mol. The highest BCUT2D eigenvalue weighted by atomic mass is 35.5. The third kappa shape index (κ3) is 5.03. The minimum Gasteiger partial charge on any atom is -0.353 e. The van der Waals surface area contributed by atoms with E-state index in [1.807, 2.05) is 0 Å². The van der Waals surface area contributed by atoms with Crippen molar-refractivity contribution in [2.24, 2.45) is 0 Å². The van der Waals surface area contributed by atoms with E-state index in [2.05, 4.69) is 10.3 Å². The second-order valence-corrected chi connectivity index (χ2v) is 8.48. The zero-order chi connectivity index (χ0) is 22.0. The summed E-state index contributed by atoms with van der Waals surface area (Å²) in [5.74, 6) is -0.773. The smallest absolute Gasteiger partial charge is 0.353 e. The number of hydrogen-bond acceptors (Lipinski definition) is 2. The van der Waals surface area contributed by atoms with Gasteiger partial charge in [0.15, 0.2) is 0 Å². The maximum atomic E-state index is 13.3. The topological polar surface area (TPSA) is 46.4 Å². The van der Waals surface area contributed by atoms with Crippen LogP contribution < -0.4 is 5.32 Å². The van der Waals surface area contributed by atoms with Gasteiger partial charge in [-0.25, -0.2) is 4.98 Å². The minimum absolute atomic E-state index is 0.0259. The van der Waals surface area contributed by atoms with Crippen molar-refractivity contribution in [3.8, 4) is 0 Å². The molecule has 0 spiro atoms. The van der Waals surface area contributed by atoms with Crippen molar-refractivity contribution in [2.45, 2.75) is 56.7 Å². The summed E-state index contributed by atoms with van der Waals surface area (Å²) in [5, 5.41) is 3.54. The number of nitrogens with zero attached hydrogens (tertiary/aromatic N) is 2. The minimum atomic E-state index is -4.46. The molecule has 0 radical (unpaired) electrons. The summed E-state index contributed by atoms with van der Waals surface area (Å²) in [4.78, 5) is 17.2. The van der Waals surface area contributed by atoms with Gasteiger partial charge in [-0.05, 0) is 36.6 Å². The number of halogens is 4. The molecule has 1 saturated carbocycles. The van der Waals surface area contributed by atoms with Gasteiger partial charge in [0.1, 0.15) is 5.65 Å². The van der Waals surface area contributed by atoms with Crippen LogP contribution in [0.5, 0.6) is 0 Å². The van der Waals surface area contributed by atoms with Gasteiger partial charge in [0, 0.05) is 30.8 Å². The first-order valence-electron chi connectivity index (χ1n) is 10.4. The van der Waals surface area contributed by atoms with Crippen LogP contribution in [-0.2, 0) is 11.0 Å². The van der Waals surface area contributed by atoms with E-state index in [1.165, 1.54) is 12.5 Å². The first-order valence-corrected chi connectivity index (χ1v) is 10.8. The average molecular weight is 450 g/mol. The maximum Gasteiger partial charge on any atom is 0.416 e. The molecule has 1 aliphatic rings. The molecule has 1 N–H and O–H groups in total. The summed E-state index contributed by atoms with van der Waals surface area (Å²) < 4.78 is 41.7. The van der Waals surface area contributed by atoms with Gasteiger partial charge in [0.25, 0.3) is 0 Å². The second kappa shape index (κ2) is 8.91. The molecule has 1 aromatic carbocycles. The number of benzene rings is 1. The number of carbonyl (C=O) groups is 1. The predicted molar refractivity (Wildman–Crippen MR) is 113 cm³/mol. The summed E-state index contributed by atoms with van der Waals surface area (Å²) in [6.07, 6.45) is 4.02. The average Bonchev–Trinajstić information content (AvgIpc) is 3.15. The standard InChI is InChI=1S/C23H23ClF3N3O/c24-17-9-10-21-28-13-20(30(21)14-17)19(12-22(31)29-18-7-2-1-3-8-18)15-5-4-6-16(11-15)23(25,26)27/h4-6,9-11,13-14,18-19H,1-3,7-8,12H2,(H,29,31). The summed E-state index contributed by atoms with van der Waals surface area (Å²) in [5.41, 5.74) is 0.907. The Labute approximate surface area is 183 Å². The number of fused-ring (bicyclic) bond motifs is 1. The molecule has 2 heterocycles. The Kier molecular flexibility index (Phi) is 6.23. The lowest BCUT2D eigenvalue weighted by Gasteiger charge is -2.24. The number of aromatic nitrogens is 2. The Bertz CT molecular complexity index is 1070. The van der Waals surface area contributed by atoms with E-state index in [9.17, 15) is 18.0 Å². The number of pyridine rings is 1. The molecule has 4 rings (SSSR count). The molecule has 1 amide bonds. The second-order valence-electron chi connectivity index (χ2n) is 8.04. The molecule has 2 aromatic heterocycles. The van der Waals surface area contributed by atoms with Crippen molar-refractivity contribution in [3.63, 3.8) is 0 Å². The first kappa shape index (κ1) is 21.7. The van der Waals surface area contributed by atoms with Crippen LogP contribution in [0.25, 0.3) is 5.65 Å². The van der Waals surface area contributed by atoms with Crippen LogP contribution in [0.3, 0.4) is 0 Å². The molecule has 1 fully saturated rings. The van der Waals surface area contributed by atoms with Crippen LogP contribution >= 0.6 is 11.6 Å². The largest absolute Gasteiger partial charge is 0.416 e. The van der Waals surface area contributed by atoms with Crippen LogP contribution in [0.1, 0.15) is 61.3 Å². The molecule has 1 unspecified atom stereocenters. The van der Waals surface area contributed by atoms with Crippen LogP contribution in [0.2, 0.25) is 5.02 Å². The Morgan fingerprint density at radius 3 is 2.71 bits per heavy atom. The van der Waals surface area contributed by atoms with Crippen molar-refractivity contribution in [2.75, 3.05) is 0 Å². The third-order valence-corrected chi connectivity index (χ3v) is 6.05. The van der Waals surface area contributed by atoms with E-state index in [1.54, 1.807) is 35.0 Å². The number of carbonyl (C=O) groups excluding carboxylic acids is 1. The van der Waals surface area contributed by atoms with Gasteiger partial charge in [-0.2, -0.15) is 13.2 Å².